The van der Waals surface area contributed by atoms with Crippen LogP contribution in [0.1, 0.15) is 174 Å². The van der Waals surface area contributed by atoms with Crippen LogP contribution in [0.2, 0.25) is 0 Å². The molecule has 0 aliphatic heterocycles. The maximum atomic E-state index is 9.91. The second-order valence-corrected chi connectivity index (χ2v) is 10.2. The molecule has 0 aliphatic rings. The van der Waals surface area contributed by atoms with Gasteiger partial charge in [0.15, 0.2) is 0 Å². The molecule has 0 rings (SSSR count). The smallest absolute Gasteiger partial charge is 0.106 e. The van der Waals surface area contributed by atoms with Crippen molar-refractivity contribution in [2.75, 3.05) is 0 Å². The highest BCUT2D eigenvalue weighted by molar-refractivity contribution is 4.59. The van der Waals surface area contributed by atoms with E-state index in [1.807, 2.05) is 0 Å². The summed E-state index contributed by atoms with van der Waals surface area (Å²) in [5, 5.41) is 22.5. The van der Waals surface area contributed by atoms with Gasteiger partial charge in [-0.05, 0) is 25.7 Å². The molecule has 0 aromatic rings. The van der Waals surface area contributed by atoms with Gasteiger partial charge in [-0.1, -0.05) is 149 Å². The highest BCUT2D eigenvalue weighted by Crippen LogP contribution is 2.15. The molecule has 3 heteroatoms. The number of nitrogens with one attached hydrogen (secondary N) is 1. The van der Waals surface area contributed by atoms with Crippen molar-refractivity contribution in [2.45, 2.75) is 187 Å². The van der Waals surface area contributed by atoms with Crippen molar-refractivity contribution < 1.29 is 10.2 Å². The van der Waals surface area contributed by atoms with Crippen LogP contribution in [-0.2, 0) is 0 Å². The molecule has 0 saturated carbocycles. The van der Waals surface area contributed by atoms with E-state index in [9.17, 15) is 10.2 Å². The van der Waals surface area contributed by atoms with Gasteiger partial charge in [-0.2, -0.15) is 0 Å². The van der Waals surface area contributed by atoms with Crippen molar-refractivity contribution in [2.24, 2.45) is 0 Å². The zero-order valence-electron chi connectivity index (χ0n) is 22.2. The zero-order valence-corrected chi connectivity index (χ0v) is 22.2. The topological polar surface area (TPSA) is 52.5 Å². The molecule has 0 saturated heterocycles. The van der Waals surface area contributed by atoms with Crippen LogP contribution in [0.4, 0.5) is 0 Å². The Kier molecular flexibility index (Phi) is 27.0. The average Bonchev–Trinajstić information content (AvgIpc) is 2.78. The van der Waals surface area contributed by atoms with Gasteiger partial charge in [0.1, 0.15) is 12.5 Å². The maximum absolute atomic E-state index is 9.91. The summed E-state index contributed by atoms with van der Waals surface area (Å²) in [5.41, 5.74) is 0. The second-order valence-electron chi connectivity index (χ2n) is 10.2. The minimum Gasteiger partial charge on any atom is -0.379 e. The Bertz CT molecular complexity index is 337. The molecule has 3 N–H and O–H groups in total. The van der Waals surface area contributed by atoms with Crippen LogP contribution in [0.5, 0.6) is 0 Å². The molecule has 0 aromatic carbocycles. The largest absolute Gasteiger partial charge is 0.379 e. The Morgan fingerprint density at radius 1 is 0.375 bits per heavy atom. The molecule has 194 valence electrons. The van der Waals surface area contributed by atoms with Gasteiger partial charge >= 0.3 is 0 Å². The number of aliphatic hydroxyl groups is 2. The van der Waals surface area contributed by atoms with Crippen molar-refractivity contribution in [1.82, 2.24) is 5.32 Å². The molecular formula is C29H61NO2. The lowest BCUT2D eigenvalue weighted by Crippen LogP contribution is -2.38. The van der Waals surface area contributed by atoms with Crippen molar-refractivity contribution in [3.05, 3.63) is 0 Å². The summed E-state index contributed by atoms with van der Waals surface area (Å²) in [5.74, 6) is 0. The van der Waals surface area contributed by atoms with E-state index in [-0.39, 0.29) is 0 Å². The molecule has 32 heavy (non-hydrogen) atoms. The van der Waals surface area contributed by atoms with E-state index in [4.69, 9.17) is 0 Å². The molecule has 0 spiro atoms. The highest BCUT2D eigenvalue weighted by atomic mass is 16.3. The van der Waals surface area contributed by atoms with E-state index in [1.54, 1.807) is 0 Å². The molecule has 3 nitrogen and oxygen atoms in total. The van der Waals surface area contributed by atoms with Crippen LogP contribution in [0.25, 0.3) is 0 Å². The third-order valence-electron chi connectivity index (χ3n) is 6.80. The zero-order chi connectivity index (χ0) is 23.5. The highest BCUT2D eigenvalue weighted by Gasteiger charge is 2.09. The molecule has 0 aliphatic carbocycles. The summed E-state index contributed by atoms with van der Waals surface area (Å²) in [4.78, 5) is 0. The standard InChI is InChI=1S/C29H61NO2/c1-3-5-7-8-9-10-11-12-13-14-15-16-17-18-19-20-21-22-23-24-25-27-29(32)30-28(31)26-6-4-2/h28-32H,3-27H2,1-2H3. The van der Waals surface area contributed by atoms with E-state index in [2.05, 4.69) is 19.2 Å². The fourth-order valence-corrected chi connectivity index (χ4v) is 4.56. The van der Waals surface area contributed by atoms with Crippen LogP contribution < -0.4 is 5.32 Å². The van der Waals surface area contributed by atoms with Gasteiger partial charge in [0, 0.05) is 0 Å². The molecule has 0 amide bonds. The van der Waals surface area contributed by atoms with Crippen LogP contribution in [0, 0.1) is 0 Å². The van der Waals surface area contributed by atoms with Crippen molar-refractivity contribution in [3.8, 4) is 0 Å². The van der Waals surface area contributed by atoms with Crippen LogP contribution in [0.3, 0.4) is 0 Å². The van der Waals surface area contributed by atoms with Gasteiger partial charge in [0.25, 0.3) is 0 Å². The summed E-state index contributed by atoms with van der Waals surface area (Å²) in [7, 11) is 0. The number of hydrogen-bond donors (Lipinski definition) is 3. The Morgan fingerprint density at radius 3 is 0.938 bits per heavy atom. The Morgan fingerprint density at radius 2 is 0.625 bits per heavy atom. The predicted molar refractivity (Wildman–Crippen MR) is 142 cm³/mol. The summed E-state index contributed by atoms with van der Waals surface area (Å²) >= 11 is 0. The molecule has 0 radical (unpaired) electrons. The first-order valence-corrected chi connectivity index (χ1v) is 14.8. The van der Waals surface area contributed by atoms with Crippen molar-refractivity contribution in [1.29, 1.82) is 0 Å². The molecule has 2 atom stereocenters. The number of hydrogen-bond acceptors (Lipinski definition) is 3. The van der Waals surface area contributed by atoms with Crippen molar-refractivity contribution >= 4 is 0 Å². The maximum Gasteiger partial charge on any atom is 0.106 e. The first-order chi connectivity index (χ1) is 15.7. The lowest BCUT2D eigenvalue weighted by molar-refractivity contribution is 0.0312. The van der Waals surface area contributed by atoms with Crippen LogP contribution in [0.15, 0.2) is 0 Å². The predicted octanol–water partition coefficient (Wildman–Crippen LogP) is 9.01. The Labute approximate surface area is 202 Å². The summed E-state index contributed by atoms with van der Waals surface area (Å²) < 4.78 is 0. The third kappa shape index (κ3) is 26.1. The quantitative estimate of drug-likeness (QED) is 0.0855. The fourth-order valence-electron chi connectivity index (χ4n) is 4.56. The second kappa shape index (κ2) is 27.1. The van der Waals surface area contributed by atoms with Crippen molar-refractivity contribution in [3.63, 3.8) is 0 Å². The first kappa shape index (κ1) is 31.9. The molecule has 2 unspecified atom stereocenters. The van der Waals surface area contributed by atoms with E-state index in [0.29, 0.717) is 0 Å². The molecular weight excluding hydrogens is 394 g/mol. The van der Waals surface area contributed by atoms with E-state index < -0.39 is 12.5 Å². The lowest BCUT2D eigenvalue weighted by Gasteiger charge is -2.17. The lowest BCUT2D eigenvalue weighted by atomic mass is 10.0. The normalized spacial score (nSPS) is 13.5. The van der Waals surface area contributed by atoms with E-state index >= 15 is 0 Å². The SMILES string of the molecule is CCCCCCCCCCCCCCCCCCCCCCCC(O)NC(O)CCCC. The van der Waals surface area contributed by atoms with Gasteiger partial charge in [-0.15, -0.1) is 0 Å². The Hall–Kier alpha value is -0.120. The van der Waals surface area contributed by atoms with Gasteiger partial charge in [-0.25, -0.2) is 0 Å². The van der Waals surface area contributed by atoms with Gasteiger partial charge in [-0.3, -0.25) is 5.32 Å². The Balaban J connectivity index is 3.13. The van der Waals surface area contributed by atoms with Crippen LogP contribution in [-0.4, -0.2) is 22.7 Å². The molecule has 0 heterocycles. The summed E-state index contributed by atoms with van der Waals surface area (Å²) in [6.07, 6.45) is 31.7. The molecule has 0 aromatic heterocycles. The summed E-state index contributed by atoms with van der Waals surface area (Å²) in [6.45, 7) is 4.41. The van der Waals surface area contributed by atoms with Gasteiger partial charge < -0.3 is 10.2 Å². The third-order valence-corrected chi connectivity index (χ3v) is 6.80. The number of unbranched alkanes of at least 4 members (excludes halogenated alkanes) is 21. The first-order valence-electron chi connectivity index (χ1n) is 14.8. The van der Waals surface area contributed by atoms with Crippen LogP contribution >= 0.6 is 0 Å². The minimum atomic E-state index is -0.556. The molecule has 0 bridgehead atoms. The molecule has 0 fully saturated rings. The number of aliphatic hydroxyl groups excluding tert-OH is 2. The van der Waals surface area contributed by atoms with Gasteiger partial charge in [0.05, 0.1) is 0 Å². The van der Waals surface area contributed by atoms with E-state index in [1.165, 1.54) is 128 Å². The minimum absolute atomic E-state index is 0.554. The summed E-state index contributed by atoms with van der Waals surface area (Å²) in [6, 6.07) is 0. The van der Waals surface area contributed by atoms with Gasteiger partial charge in [0.2, 0.25) is 0 Å². The monoisotopic (exact) mass is 455 g/mol. The number of rotatable bonds is 27. The van der Waals surface area contributed by atoms with E-state index in [0.717, 1.165) is 32.1 Å². The average molecular weight is 456 g/mol. The fraction of sp³-hybridized carbons (Fsp3) is 1.00.